The monoisotopic (exact) mass is 265 g/mol. The van der Waals surface area contributed by atoms with Gasteiger partial charge in [0.1, 0.15) is 11.6 Å². The van der Waals surface area contributed by atoms with Gasteiger partial charge in [0, 0.05) is 19.2 Å². The van der Waals surface area contributed by atoms with E-state index in [-0.39, 0.29) is 12.3 Å². The van der Waals surface area contributed by atoms with Crippen molar-refractivity contribution in [3.05, 3.63) is 22.4 Å². The molecule has 2 aromatic rings. The summed E-state index contributed by atoms with van der Waals surface area (Å²) in [4.78, 5) is 15.8. The Bertz CT molecular complexity index is 604. The molecule has 0 amide bonds. The summed E-state index contributed by atoms with van der Waals surface area (Å²) in [5, 5.41) is 18.5. The molecule has 0 aliphatic rings. The number of hydrogen-bond acceptors (Lipinski definition) is 5. The molecular formula is C12H19N5O2. The molecule has 1 atom stereocenters. The number of aryl methyl sites for hydroxylation is 1. The third-order valence-corrected chi connectivity index (χ3v) is 3.26. The van der Waals surface area contributed by atoms with E-state index in [1.807, 2.05) is 0 Å². The van der Waals surface area contributed by atoms with Crippen LogP contribution in [-0.2, 0) is 0 Å². The minimum atomic E-state index is -0.279. The Morgan fingerprint density at radius 2 is 2.37 bits per heavy atom. The molecule has 1 unspecified atom stereocenters. The Balaban J connectivity index is 2.15. The first-order valence-electron chi connectivity index (χ1n) is 6.45. The Kier molecular flexibility index (Phi) is 4.16. The highest BCUT2D eigenvalue weighted by Crippen LogP contribution is 2.12. The zero-order valence-electron chi connectivity index (χ0n) is 11.2. The number of H-pyrrole nitrogens is 1. The molecule has 0 aromatic carbocycles. The van der Waals surface area contributed by atoms with Gasteiger partial charge in [-0.25, -0.2) is 19.3 Å². The van der Waals surface area contributed by atoms with E-state index < -0.39 is 0 Å². The first kappa shape index (κ1) is 13.5. The lowest BCUT2D eigenvalue weighted by molar-refractivity contribution is 0.258. The number of rotatable bonds is 6. The van der Waals surface area contributed by atoms with Gasteiger partial charge in [-0.2, -0.15) is 5.10 Å². The number of fused-ring (bicyclic) bond motifs is 1. The van der Waals surface area contributed by atoms with Gasteiger partial charge in [-0.3, -0.25) is 0 Å². The molecule has 0 saturated carbocycles. The molecule has 7 nitrogen and oxygen atoms in total. The summed E-state index contributed by atoms with van der Waals surface area (Å²) < 4.78 is 1.43. The van der Waals surface area contributed by atoms with Crippen molar-refractivity contribution < 1.29 is 5.11 Å². The zero-order chi connectivity index (χ0) is 13.8. The van der Waals surface area contributed by atoms with Crippen molar-refractivity contribution in [3.63, 3.8) is 0 Å². The summed E-state index contributed by atoms with van der Waals surface area (Å²) in [6.45, 7) is 4.80. The lowest BCUT2D eigenvalue weighted by atomic mass is 10.0. The van der Waals surface area contributed by atoms with Crippen LogP contribution in [0.5, 0.6) is 0 Å². The highest BCUT2D eigenvalue weighted by molar-refractivity contribution is 5.49. The first-order valence-corrected chi connectivity index (χ1v) is 6.45. The smallest absolute Gasteiger partial charge is 0.349 e. The Hall–Kier alpha value is -1.89. The van der Waals surface area contributed by atoms with E-state index in [1.165, 1.54) is 4.40 Å². The van der Waals surface area contributed by atoms with Crippen molar-refractivity contribution in [3.8, 4) is 0 Å². The number of aromatic nitrogens is 4. The second-order valence-corrected chi connectivity index (χ2v) is 4.58. The number of aliphatic hydroxyl groups excluding tert-OH is 1. The Labute approximate surface area is 110 Å². The summed E-state index contributed by atoms with van der Waals surface area (Å²) in [5.41, 5.74) is 0.272. The predicted octanol–water partition coefficient (Wildman–Crippen LogP) is 0.547. The Morgan fingerprint density at radius 3 is 3.05 bits per heavy atom. The summed E-state index contributed by atoms with van der Waals surface area (Å²) >= 11 is 0. The maximum Gasteiger partial charge on any atom is 0.349 e. The second-order valence-electron chi connectivity index (χ2n) is 4.58. The van der Waals surface area contributed by atoms with Gasteiger partial charge in [-0.15, -0.1) is 0 Å². The summed E-state index contributed by atoms with van der Waals surface area (Å²) in [6.07, 6.45) is 1.77. The number of aromatic amines is 1. The summed E-state index contributed by atoms with van der Waals surface area (Å²) in [6, 6.07) is 1.73. The average molecular weight is 265 g/mol. The van der Waals surface area contributed by atoms with Gasteiger partial charge in [0.05, 0.1) is 0 Å². The van der Waals surface area contributed by atoms with Gasteiger partial charge in [-0.1, -0.05) is 13.3 Å². The molecule has 2 heterocycles. The van der Waals surface area contributed by atoms with Gasteiger partial charge in [-0.05, 0) is 19.3 Å². The molecule has 0 spiro atoms. The molecule has 104 valence electrons. The molecule has 0 saturated heterocycles. The highest BCUT2D eigenvalue weighted by atomic mass is 16.3. The lowest BCUT2D eigenvalue weighted by Crippen LogP contribution is -2.17. The SMILES string of the molecule is CCC(CCO)CNc1cc2n[nH]c(=O)n2c(C)n1. The number of hydrogen-bond donors (Lipinski definition) is 3. The molecule has 2 rings (SSSR count). The van der Waals surface area contributed by atoms with Gasteiger partial charge in [0.25, 0.3) is 0 Å². The van der Waals surface area contributed by atoms with Gasteiger partial charge >= 0.3 is 5.69 Å². The maximum absolute atomic E-state index is 11.5. The second kappa shape index (κ2) is 5.83. The molecule has 19 heavy (non-hydrogen) atoms. The molecule has 2 aromatic heterocycles. The van der Waals surface area contributed by atoms with Crippen molar-refractivity contribution >= 4 is 11.5 Å². The minimum absolute atomic E-state index is 0.195. The van der Waals surface area contributed by atoms with Crippen LogP contribution in [0.25, 0.3) is 5.65 Å². The minimum Gasteiger partial charge on any atom is -0.396 e. The van der Waals surface area contributed by atoms with Crippen molar-refractivity contribution in [2.75, 3.05) is 18.5 Å². The average Bonchev–Trinajstić information content (AvgIpc) is 2.76. The quantitative estimate of drug-likeness (QED) is 0.709. The van der Waals surface area contributed by atoms with E-state index >= 15 is 0 Å². The number of nitrogens with zero attached hydrogens (tertiary/aromatic N) is 3. The normalized spacial score (nSPS) is 12.8. The van der Waals surface area contributed by atoms with E-state index in [1.54, 1.807) is 13.0 Å². The molecule has 7 heteroatoms. The van der Waals surface area contributed by atoms with Gasteiger partial charge in [0.15, 0.2) is 5.65 Å². The van der Waals surface area contributed by atoms with Crippen LogP contribution in [0.3, 0.4) is 0 Å². The van der Waals surface area contributed by atoms with Crippen molar-refractivity contribution in [1.82, 2.24) is 19.6 Å². The summed E-state index contributed by atoms with van der Waals surface area (Å²) in [5.74, 6) is 1.69. The van der Waals surface area contributed by atoms with Crippen LogP contribution in [0.1, 0.15) is 25.6 Å². The topological polar surface area (TPSA) is 95.3 Å². The lowest BCUT2D eigenvalue weighted by Gasteiger charge is -2.15. The van der Waals surface area contributed by atoms with Crippen LogP contribution in [0.4, 0.5) is 5.82 Å². The molecule has 0 fully saturated rings. The van der Waals surface area contributed by atoms with Crippen LogP contribution in [0.2, 0.25) is 0 Å². The number of aliphatic hydroxyl groups is 1. The van der Waals surface area contributed by atoms with Crippen molar-refractivity contribution in [2.45, 2.75) is 26.7 Å². The van der Waals surface area contributed by atoms with Crippen LogP contribution >= 0.6 is 0 Å². The maximum atomic E-state index is 11.5. The predicted molar refractivity (Wildman–Crippen MR) is 72.3 cm³/mol. The van der Waals surface area contributed by atoms with Crippen molar-refractivity contribution in [1.29, 1.82) is 0 Å². The fourth-order valence-electron chi connectivity index (χ4n) is 2.07. The highest BCUT2D eigenvalue weighted by Gasteiger charge is 2.09. The van der Waals surface area contributed by atoms with E-state index in [0.29, 0.717) is 23.2 Å². The molecular weight excluding hydrogens is 246 g/mol. The fraction of sp³-hybridized carbons (Fsp3) is 0.583. The molecule has 3 N–H and O–H groups in total. The zero-order valence-corrected chi connectivity index (χ0v) is 11.2. The number of nitrogens with one attached hydrogen (secondary N) is 2. The standard InChI is InChI=1S/C12H19N5O2/c1-3-9(4-5-18)7-13-10-6-11-15-16-12(19)17(11)8(2)14-10/h6,9,13,18H,3-5,7H2,1-2H3,(H,16,19). The van der Waals surface area contributed by atoms with Crippen LogP contribution in [0, 0.1) is 12.8 Å². The van der Waals surface area contributed by atoms with E-state index in [4.69, 9.17) is 5.11 Å². The van der Waals surface area contributed by atoms with Crippen molar-refractivity contribution in [2.24, 2.45) is 5.92 Å². The van der Waals surface area contributed by atoms with E-state index in [0.717, 1.165) is 19.4 Å². The third kappa shape index (κ3) is 2.93. The van der Waals surface area contributed by atoms with Crippen LogP contribution < -0.4 is 11.0 Å². The molecule has 0 bridgehead atoms. The Morgan fingerprint density at radius 1 is 1.58 bits per heavy atom. The van der Waals surface area contributed by atoms with Gasteiger partial charge in [0.2, 0.25) is 0 Å². The first-order chi connectivity index (χ1) is 9.15. The number of anilines is 1. The van der Waals surface area contributed by atoms with Crippen LogP contribution in [-0.4, -0.2) is 37.8 Å². The molecule has 0 radical (unpaired) electrons. The molecule has 0 aliphatic carbocycles. The van der Waals surface area contributed by atoms with E-state index in [2.05, 4.69) is 27.4 Å². The van der Waals surface area contributed by atoms with E-state index in [9.17, 15) is 4.79 Å². The molecule has 0 aliphatic heterocycles. The van der Waals surface area contributed by atoms with Gasteiger partial charge < -0.3 is 10.4 Å². The largest absolute Gasteiger partial charge is 0.396 e. The van der Waals surface area contributed by atoms with Crippen LogP contribution in [0.15, 0.2) is 10.9 Å². The fourth-order valence-corrected chi connectivity index (χ4v) is 2.07. The summed E-state index contributed by atoms with van der Waals surface area (Å²) in [7, 11) is 0. The third-order valence-electron chi connectivity index (χ3n) is 3.26.